The van der Waals surface area contributed by atoms with Gasteiger partial charge < -0.3 is 0 Å². The van der Waals surface area contributed by atoms with Crippen LogP contribution in [0.5, 0.6) is 0 Å². The summed E-state index contributed by atoms with van der Waals surface area (Å²) in [4.78, 5) is 0. The van der Waals surface area contributed by atoms with E-state index in [-0.39, 0.29) is 0 Å². The smallest absolute Gasteiger partial charge is 0.0181 e. The molecule has 190 valence electrons. The molecule has 1 heteroatoms. The topological polar surface area (TPSA) is 0 Å². The molecule has 3 aliphatic rings. The SMILES string of the molecule is CCCCC1CCC(C(C)C2=C(Cl)CC(c3ccc(C4CCC(CCC)CC4)cc3)CC2)CC1. The number of halogens is 1. The quantitative estimate of drug-likeness (QED) is 0.328. The minimum absolute atomic E-state index is 0.613. The van der Waals surface area contributed by atoms with Gasteiger partial charge >= 0.3 is 0 Å². The molecule has 2 saturated carbocycles. The van der Waals surface area contributed by atoms with Crippen molar-refractivity contribution in [2.45, 2.75) is 135 Å². The van der Waals surface area contributed by atoms with Gasteiger partial charge in [-0.2, -0.15) is 0 Å². The van der Waals surface area contributed by atoms with Crippen molar-refractivity contribution >= 4 is 11.6 Å². The first-order valence-corrected chi connectivity index (χ1v) is 15.4. The zero-order valence-corrected chi connectivity index (χ0v) is 23.2. The molecule has 1 aromatic rings. The van der Waals surface area contributed by atoms with Gasteiger partial charge in [0.15, 0.2) is 0 Å². The number of rotatable bonds is 9. The number of benzene rings is 1. The molecule has 3 aliphatic carbocycles. The predicted molar refractivity (Wildman–Crippen MR) is 150 cm³/mol. The molecule has 0 heterocycles. The highest BCUT2D eigenvalue weighted by atomic mass is 35.5. The van der Waals surface area contributed by atoms with Gasteiger partial charge in [0.05, 0.1) is 0 Å². The van der Waals surface area contributed by atoms with E-state index in [0.29, 0.717) is 11.8 Å². The molecular formula is C33H51Cl. The molecule has 0 nitrogen and oxygen atoms in total. The molecule has 2 atom stereocenters. The maximum atomic E-state index is 7.01. The van der Waals surface area contributed by atoms with Crippen molar-refractivity contribution in [1.82, 2.24) is 0 Å². The van der Waals surface area contributed by atoms with Crippen LogP contribution in [0.1, 0.15) is 146 Å². The maximum Gasteiger partial charge on any atom is 0.0181 e. The lowest BCUT2D eigenvalue weighted by atomic mass is 9.70. The highest BCUT2D eigenvalue weighted by Gasteiger charge is 2.31. The van der Waals surface area contributed by atoms with E-state index in [9.17, 15) is 0 Å². The monoisotopic (exact) mass is 482 g/mol. The Morgan fingerprint density at radius 3 is 1.91 bits per heavy atom. The van der Waals surface area contributed by atoms with Gasteiger partial charge in [0.25, 0.3) is 0 Å². The molecule has 0 bridgehead atoms. The lowest BCUT2D eigenvalue weighted by molar-refractivity contribution is 0.218. The molecule has 0 aliphatic heterocycles. The van der Waals surface area contributed by atoms with Crippen LogP contribution in [0.25, 0.3) is 0 Å². The molecule has 2 unspecified atom stereocenters. The van der Waals surface area contributed by atoms with Gasteiger partial charge in [0, 0.05) is 5.03 Å². The Balaban J connectivity index is 1.29. The summed E-state index contributed by atoms with van der Waals surface area (Å²) < 4.78 is 0. The maximum absolute atomic E-state index is 7.01. The molecule has 2 fully saturated rings. The van der Waals surface area contributed by atoms with Gasteiger partial charge in [-0.25, -0.2) is 0 Å². The Morgan fingerprint density at radius 2 is 1.32 bits per heavy atom. The van der Waals surface area contributed by atoms with E-state index in [0.717, 1.165) is 30.1 Å². The average molecular weight is 483 g/mol. The van der Waals surface area contributed by atoms with Crippen LogP contribution in [0, 0.1) is 23.7 Å². The first kappa shape index (κ1) is 26.3. The lowest BCUT2D eigenvalue weighted by Gasteiger charge is -2.36. The molecule has 0 aromatic heterocycles. The van der Waals surface area contributed by atoms with E-state index < -0.39 is 0 Å². The Bertz CT molecular complexity index is 758. The van der Waals surface area contributed by atoms with Gasteiger partial charge in [-0.05, 0) is 104 Å². The van der Waals surface area contributed by atoms with Crippen molar-refractivity contribution in [3.05, 3.63) is 46.0 Å². The zero-order valence-electron chi connectivity index (χ0n) is 22.5. The van der Waals surface area contributed by atoms with Crippen LogP contribution in [-0.2, 0) is 0 Å². The predicted octanol–water partition coefficient (Wildman–Crippen LogP) is 11.2. The van der Waals surface area contributed by atoms with Gasteiger partial charge in [-0.15, -0.1) is 0 Å². The normalized spacial score (nSPS) is 31.5. The van der Waals surface area contributed by atoms with Crippen molar-refractivity contribution < 1.29 is 0 Å². The highest BCUT2D eigenvalue weighted by molar-refractivity contribution is 6.30. The molecule has 34 heavy (non-hydrogen) atoms. The first-order valence-electron chi connectivity index (χ1n) is 15.1. The van der Waals surface area contributed by atoms with E-state index >= 15 is 0 Å². The summed E-state index contributed by atoms with van der Waals surface area (Å²) in [5, 5.41) is 1.20. The van der Waals surface area contributed by atoms with Crippen LogP contribution >= 0.6 is 11.6 Å². The second-order valence-electron chi connectivity index (χ2n) is 12.3. The fourth-order valence-corrected chi connectivity index (χ4v) is 8.11. The zero-order chi connectivity index (χ0) is 23.9. The van der Waals surface area contributed by atoms with Gasteiger partial charge in [0.2, 0.25) is 0 Å². The van der Waals surface area contributed by atoms with Crippen LogP contribution in [-0.4, -0.2) is 0 Å². The van der Waals surface area contributed by atoms with Crippen LogP contribution in [0.4, 0.5) is 0 Å². The average Bonchev–Trinajstić information content (AvgIpc) is 2.88. The summed E-state index contributed by atoms with van der Waals surface area (Å²) in [6.07, 6.45) is 22.0. The Morgan fingerprint density at radius 1 is 0.735 bits per heavy atom. The highest BCUT2D eigenvalue weighted by Crippen LogP contribution is 2.46. The van der Waals surface area contributed by atoms with Gasteiger partial charge in [-0.1, -0.05) is 107 Å². The van der Waals surface area contributed by atoms with E-state index in [1.54, 1.807) is 11.1 Å². The third kappa shape index (κ3) is 6.72. The van der Waals surface area contributed by atoms with Crippen molar-refractivity contribution in [1.29, 1.82) is 0 Å². The Kier molecular flexibility index (Phi) is 10.1. The Hall–Kier alpha value is -0.750. The number of hydrogen-bond acceptors (Lipinski definition) is 0. The molecule has 0 radical (unpaired) electrons. The molecule has 0 amide bonds. The minimum Gasteiger partial charge on any atom is -0.0892 e. The van der Waals surface area contributed by atoms with E-state index in [1.807, 2.05) is 0 Å². The summed E-state index contributed by atoms with van der Waals surface area (Å²) in [6.45, 7) is 7.14. The third-order valence-electron chi connectivity index (χ3n) is 10.1. The van der Waals surface area contributed by atoms with Crippen molar-refractivity contribution in [2.24, 2.45) is 23.7 Å². The van der Waals surface area contributed by atoms with Crippen LogP contribution in [0.15, 0.2) is 34.9 Å². The van der Waals surface area contributed by atoms with Gasteiger partial charge in [0.1, 0.15) is 0 Å². The second-order valence-corrected chi connectivity index (χ2v) is 12.7. The molecular weight excluding hydrogens is 432 g/mol. The van der Waals surface area contributed by atoms with Gasteiger partial charge in [-0.3, -0.25) is 0 Å². The van der Waals surface area contributed by atoms with Crippen LogP contribution in [0.3, 0.4) is 0 Å². The fraction of sp³-hybridized carbons (Fsp3) is 0.758. The molecule has 0 spiro atoms. The summed E-state index contributed by atoms with van der Waals surface area (Å²) >= 11 is 7.01. The van der Waals surface area contributed by atoms with Crippen LogP contribution < -0.4 is 0 Å². The first-order chi connectivity index (χ1) is 16.6. The summed E-state index contributed by atoms with van der Waals surface area (Å²) in [6, 6.07) is 9.78. The lowest BCUT2D eigenvalue weighted by Crippen LogP contribution is -2.23. The Labute approximate surface area is 216 Å². The van der Waals surface area contributed by atoms with E-state index in [2.05, 4.69) is 45.0 Å². The molecule has 0 saturated heterocycles. The van der Waals surface area contributed by atoms with Crippen molar-refractivity contribution in [2.75, 3.05) is 0 Å². The second kappa shape index (κ2) is 13.0. The number of unbranched alkanes of at least 4 members (excludes halogenated alkanes) is 1. The van der Waals surface area contributed by atoms with Crippen molar-refractivity contribution in [3.63, 3.8) is 0 Å². The van der Waals surface area contributed by atoms with E-state index in [4.69, 9.17) is 11.6 Å². The summed E-state index contributed by atoms with van der Waals surface area (Å²) in [5.74, 6) is 4.95. The fourth-order valence-electron chi connectivity index (χ4n) is 7.66. The number of allylic oxidation sites excluding steroid dienone is 2. The minimum atomic E-state index is 0.613. The third-order valence-corrected chi connectivity index (χ3v) is 10.5. The summed E-state index contributed by atoms with van der Waals surface area (Å²) in [5.41, 5.74) is 4.71. The molecule has 1 aromatic carbocycles. The van der Waals surface area contributed by atoms with E-state index in [1.165, 1.54) is 107 Å². The van der Waals surface area contributed by atoms with Crippen LogP contribution in [0.2, 0.25) is 0 Å². The largest absolute Gasteiger partial charge is 0.0892 e. The molecule has 4 rings (SSSR count). The molecule has 0 N–H and O–H groups in total. The summed E-state index contributed by atoms with van der Waals surface area (Å²) in [7, 11) is 0. The standard InChI is InChI=1S/C33H51Cl/c1-4-6-8-26-9-13-27(14-10-26)24(3)32-22-21-31(23-33(32)34)30-19-17-29(18-20-30)28-15-11-25(7-5-2)12-16-28/h17-20,24-28,31H,4-16,21-23H2,1-3H3. The van der Waals surface area contributed by atoms with Crippen molar-refractivity contribution in [3.8, 4) is 0 Å². The number of hydrogen-bond donors (Lipinski definition) is 0.